The van der Waals surface area contributed by atoms with Crippen molar-refractivity contribution < 1.29 is 4.74 Å². The number of hydrogen-bond acceptors (Lipinski definition) is 2. The van der Waals surface area contributed by atoms with E-state index in [0.29, 0.717) is 0 Å². The average Bonchev–Trinajstić information content (AvgIpc) is 2.65. The molecule has 18 heavy (non-hydrogen) atoms. The summed E-state index contributed by atoms with van der Waals surface area (Å²) in [4.78, 5) is 7.51. The number of benzene rings is 1. The van der Waals surface area contributed by atoms with Gasteiger partial charge in [-0.25, -0.2) is 0 Å². The Hall–Kier alpha value is -2.55. The van der Waals surface area contributed by atoms with Crippen molar-refractivity contribution in [3.63, 3.8) is 0 Å². The van der Waals surface area contributed by atoms with Crippen LogP contribution in [0.5, 0.6) is 5.75 Å². The molecule has 1 aliphatic rings. The van der Waals surface area contributed by atoms with Crippen LogP contribution in [0.25, 0.3) is 23.2 Å². The van der Waals surface area contributed by atoms with E-state index in [1.807, 2.05) is 30.5 Å². The molecule has 0 radical (unpaired) electrons. The highest BCUT2D eigenvalue weighted by atomic mass is 16.5. The first kappa shape index (κ1) is 9.48. The summed E-state index contributed by atoms with van der Waals surface area (Å²) >= 11 is 0. The molecule has 0 saturated heterocycles. The number of aromatic nitrogens is 2. The molecule has 0 saturated carbocycles. The van der Waals surface area contributed by atoms with Gasteiger partial charge in [-0.2, -0.15) is 0 Å². The Morgan fingerprint density at radius 1 is 1.06 bits per heavy atom. The second-order valence-corrected chi connectivity index (χ2v) is 4.30. The van der Waals surface area contributed by atoms with E-state index in [2.05, 4.69) is 22.1 Å². The quantitative estimate of drug-likeness (QED) is 0.640. The smallest absolute Gasteiger partial charge is 0.159 e. The van der Waals surface area contributed by atoms with Crippen molar-refractivity contribution in [3.05, 3.63) is 58.9 Å². The standard InChI is InChI=1S/C15H10N2O/c1-2-4-13-12(3-1)15-14(17-13)7-11-8-16-6-5-10(11)9-18-15/h1-9,17H. The third-order valence-electron chi connectivity index (χ3n) is 3.18. The van der Waals surface area contributed by atoms with Crippen molar-refractivity contribution in [2.45, 2.75) is 0 Å². The number of nitrogens with one attached hydrogen (secondary N) is 1. The van der Waals surface area contributed by atoms with Crippen LogP contribution >= 0.6 is 0 Å². The average molecular weight is 234 g/mol. The molecule has 1 N–H and O–H groups in total. The minimum atomic E-state index is 0.877. The normalized spacial score (nSPS) is 12.7. The second-order valence-electron chi connectivity index (χ2n) is 4.30. The van der Waals surface area contributed by atoms with Crippen molar-refractivity contribution >= 4 is 23.2 Å². The summed E-state index contributed by atoms with van der Waals surface area (Å²) in [6, 6.07) is 10.1. The molecule has 3 heterocycles. The summed E-state index contributed by atoms with van der Waals surface area (Å²) < 4.78 is 5.81. The Kier molecular flexibility index (Phi) is 1.83. The Morgan fingerprint density at radius 3 is 3.00 bits per heavy atom. The largest absolute Gasteiger partial charge is 0.461 e. The number of fused-ring (bicyclic) bond motifs is 4. The molecule has 0 amide bonds. The van der Waals surface area contributed by atoms with E-state index in [0.717, 1.165) is 32.8 Å². The zero-order valence-electron chi connectivity index (χ0n) is 9.55. The molecule has 2 aromatic heterocycles. The Balaban J connectivity index is 2.11. The van der Waals surface area contributed by atoms with Crippen LogP contribution in [0, 0.1) is 0 Å². The van der Waals surface area contributed by atoms with E-state index in [-0.39, 0.29) is 0 Å². The van der Waals surface area contributed by atoms with Gasteiger partial charge in [0.05, 0.1) is 12.0 Å². The van der Waals surface area contributed by atoms with Gasteiger partial charge in [0.15, 0.2) is 5.75 Å². The van der Waals surface area contributed by atoms with Crippen LogP contribution in [0.15, 0.2) is 42.7 Å². The maximum atomic E-state index is 5.81. The van der Waals surface area contributed by atoms with E-state index in [9.17, 15) is 0 Å². The van der Waals surface area contributed by atoms with Gasteiger partial charge in [-0.05, 0) is 24.3 Å². The lowest BCUT2D eigenvalue weighted by Crippen LogP contribution is -2.24. The van der Waals surface area contributed by atoms with E-state index in [1.54, 1.807) is 12.5 Å². The number of pyridine rings is 1. The molecule has 1 aromatic carbocycles. The summed E-state index contributed by atoms with van der Waals surface area (Å²) in [5, 5.41) is 3.20. The van der Waals surface area contributed by atoms with Gasteiger partial charge in [0.1, 0.15) is 0 Å². The first-order valence-electron chi connectivity index (χ1n) is 5.81. The molecular weight excluding hydrogens is 224 g/mol. The van der Waals surface area contributed by atoms with Gasteiger partial charge in [-0.15, -0.1) is 0 Å². The maximum absolute atomic E-state index is 5.81. The van der Waals surface area contributed by atoms with E-state index < -0.39 is 0 Å². The fourth-order valence-corrected chi connectivity index (χ4v) is 2.29. The maximum Gasteiger partial charge on any atom is 0.159 e. The lowest BCUT2D eigenvalue weighted by atomic mass is 10.2. The van der Waals surface area contributed by atoms with Crippen molar-refractivity contribution in [1.29, 1.82) is 0 Å². The number of aromatic amines is 1. The van der Waals surface area contributed by atoms with Gasteiger partial charge in [-0.3, -0.25) is 4.98 Å². The number of hydrogen-bond donors (Lipinski definition) is 1. The minimum absolute atomic E-state index is 0.877. The van der Waals surface area contributed by atoms with E-state index >= 15 is 0 Å². The predicted molar refractivity (Wildman–Crippen MR) is 70.4 cm³/mol. The predicted octanol–water partition coefficient (Wildman–Crippen LogP) is 1.52. The summed E-state index contributed by atoms with van der Waals surface area (Å²) in [5.74, 6) is 0.877. The SMILES string of the molecule is C1=c2ccncc2=Cc2[nH]c3ccccc3c2O1. The Labute approximate surface area is 103 Å². The van der Waals surface area contributed by atoms with Gasteiger partial charge >= 0.3 is 0 Å². The first-order chi connectivity index (χ1) is 8.92. The molecule has 0 spiro atoms. The summed E-state index contributed by atoms with van der Waals surface area (Å²) in [5.41, 5.74) is 2.07. The lowest BCUT2D eigenvalue weighted by Gasteiger charge is -1.97. The van der Waals surface area contributed by atoms with Crippen LogP contribution in [0.2, 0.25) is 0 Å². The molecular formula is C15H10N2O. The molecule has 1 aliphatic heterocycles. The molecule has 3 heteroatoms. The highest BCUT2D eigenvalue weighted by molar-refractivity contribution is 5.91. The molecule has 0 fully saturated rings. The Morgan fingerprint density at radius 2 is 2.00 bits per heavy atom. The highest BCUT2D eigenvalue weighted by Gasteiger charge is 2.11. The molecule has 0 bridgehead atoms. The number of rotatable bonds is 0. The van der Waals surface area contributed by atoms with Crippen LogP contribution in [-0.2, 0) is 0 Å². The molecule has 3 aromatic rings. The summed E-state index contributed by atoms with van der Waals surface area (Å²) in [7, 11) is 0. The van der Waals surface area contributed by atoms with Crippen LogP contribution in [0.1, 0.15) is 5.69 Å². The van der Waals surface area contributed by atoms with Crippen molar-refractivity contribution in [3.8, 4) is 5.75 Å². The molecule has 0 atom stereocenters. The Bertz CT molecular complexity index is 862. The van der Waals surface area contributed by atoms with Crippen LogP contribution < -0.4 is 15.2 Å². The van der Waals surface area contributed by atoms with Crippen LogP contribution in [-0.4, -0.2) is 9.97 Å². The zero-order chi connectivity index (χ0) is 11.9. The van der Waals surface area contributed by atoms with Gasteiger partial charge in [0.2, 0.25) is 0 Å². The van der Waals surface area contributed by atoms with Crippen molar-refractivity contribution in [1.82, 2.24) is 9.97 Å². The summed E-state index contributed by atoms with van der Waals surface area (Å²) in [6.45, 7) is 0. The van der Waals surface area contributed by atoms with Gasteiger partial charge in [-0.1, -0.05) is 12.1 Å². The zero-order valence-corrected chi connectivity index (χ0v) is 9.55. The van der Waals surface area contributed by atoms with E-state index in [4.69, 9.17) is 4.74 Å². The molecule has 86 valence electrons. The fourth-order valence-electron chi connectivity index (χ4n) is 2.29. The first-order valence-corrected chi connectivity index (χ1v) is 5.81. The number of para-hydroxylation sites is 1. The highest BCUT2D eigenvalue weighted by Crippen LogP contribution is 2.30. The van der Waals surface area contributed by atoms with Crippen molar-refractivity contribution in [2.75, 3.05) is 0 Å². The van der Waals surface area contributed by atoms with Gasteiger partial charge in [0.25, 0.3) is 0 Å². The van der Waals surface area contributed by atoms with E-state index in [1.165, 1.54) is 0 Å². The van der Waals surface area contributed by atoms with Gasteiger partial charge < -0.3 is 9.72 Å². The van der Waals surface area contributed by atoms with Crippen molar-refractivity contribution in [2.24, 2.45) is 0 Å². The van der Waals surface area contributed by atoms with Crippen LogP contribution in [0.3, 0.4) is 0 Å². The molecule has 3 nitrogen and oxygen atoms in total. The van der Waals surface area contributed by atoms with Gasteiger partial charge in [0, 0.05) is 33.7 Å². The third kappa shape index (κ3) is 1.27. The minimum Gasteiger partial charge on any atom is -0.461 e. The van der Waals surface area contributed by atoms with Crippen LogP contribution in [0.4, 0.5) is 0 Å². The number of nitrogens with zero attached hydrogens (tertiary/aromatic N) is 1. The lowest BCUT2D eigenvalue weighted by molar-refractivity contribution is 0.546. The molecule has 4 rings (SSSR count). The fraction of sp³-hybridized carbons (Fsp3) is 0. The third-order valence-corrected chi connectivity index (χ3v) is 3.18. The topological polar surface area (TPSA) is 37.9 Å². The summed E-state index contributed by atoms with van der Waals surface area (Å²) in [6.07, 6.45) is 7.46. The molecule has 0 unspecified atom stereocenters. The number of ether oxygens (including phenoxy) is 1. The second kappa shape index (κ2) is 3.47. The number of H-pyrrole nitrogens is 1. The monoisotopic (exact) mass is 234 g/mol. The molecule has 0 aliphatic carbocycles.